The van der Waals surface area contributed by atoms with E-state index in [0.29, 0.717) is 22.7 Å². The predicted octanol–water partition coefficient (Wildman–Crippen LogP) is 3.80. The van der Waals surface area contributed by atoms with Gasteiger partial charge in [0.25, 0.3) is 5.56 Å². The van der Waals surface area contributed by atoms with Gasteiger partial charge in [0.1, 0.15) is 17.8 Å². The topological polar surface area (TPSA) is 99.2 Å². The third-order valence-corrected chi connectivity index (χ3v) is 5.91. The van der Waals surface area contributed by atoms with Crippen molar-refractivity contribution >= 4 is 33.8 Å². The van der Waals surface area contributed by atoms with E-state index in [9.17, 15) is 9.59 Å². The van der Waals surface area contributed by atoms with Crippen LogP contribution in [0.4, 0.5) is 5.69 Å². The van der Waals surface area contributed by atoms with Crippen molar-refractivity contribution in [3.05, 3.63) is 57.8 Å². The van der Waals surface area contributed by atoms with Crippen molar-refractivity contribution in [3.63, 3.8) is 0 Å². The van der Waals surface area contributed by atoms with Crippen LogP contribution in [-0.4, -0.2) is 27.6 Å². The van der Waals surface area contributed by atoms with Crippen molar-refractivity contribution in [1.29, 1.82) is 0 Å². The van der Waals surface area contributed by atoms with E-state index >= 15 is 0 Å². The molecule has 8 nitrogen and oxygen atoms in total. The molecule has 0 fully saturated rings. The highest BCUT2D eigenvalue weighted by atomic mass is 16.5. The van der Waals surface area contributed by atoms with Gasteiger partial charge in [-0.15, -0.1) is 0 Å². The Bertz CT molecular complexity index is 1420. The lowest BCUT2D eigenvalue weighted by molar-refractivity contribution is -0.116. The molecular formula is C24H24N4O4. The van der Waals surface area contributed by atoms with Crippen LogP contribution < -0.4 is 15.6 Å². The third kappa shape index (κ3) is 3.32. The minimum Gasteiger partial charge on any atom is -0.497 e. The lowest BCUT2D eigenvalue weighted by Crippen LogP contribution is -2.27. The summed E-state index contributed by atoms with van der Waals surface area (Å²) in [5, 5.41) is 3.61. The van der Waals surface area contributed by atoms with Gasteiger partial charge in [-0.05, 0) is 48.4 Å². The van der Waals surface area contributed by atoms with Crippen LogP contribution in [0.5, 0.6) is 5.75 Å². The number of furan rings is 1. The summed E-state index contributed by atoms with van der Waals surface area (Å²) in [6, 6.07) is 7.02. The smallest absolute Gasteiger partial charge is 0.297 e. The molecule has 0 spiro atoms. The molecule has 4 aromatic rings. The van der Waals surface area contributed by atoms with E-state index in [1.54, 1.807) is 31.4 Å². The summed E-state index contributed by atoms with van der Waals surface area (Å²) in [5.41, 5.74) is 4.79. The average molecular weight is 432 g/mol. The Kier molecular flexibility index (Phi) is 4.92. The number of anilines is 1. The van der Waals surface area contributed by atoms with E-state index in [1.165, 1.54) is 22.0 Å². The maximum atomic E-state index is 13.1. The largest absolute Gasteiger partial charge is 0.497 e. The molecule has 1 amide bonds. The summed E-state index contributed by atoms with van der Waals surface area (Å²) in [6.07, 6.45) is 4.38. The first-order valence-electron chi connectivity index (χ1n) is 10.7. The number of methoxy groups -OCH3 is 1. The summed E-state index contributed by atoms with van der Waals surface area (Å²) in [4.78, 5) is 34.9. The van der Waals surface area contributed by atoms with E-state index < -0.39 is 5.56 Å². The molecule has 1 aliphatic rings. The lowest BCUT2D eigenvalue weighted by atomic mass is 9.99. The van der Waals surface area contributed by atoms with Gasteiger partial charge in [-0.1, -0.05) is 19.9 Å². The van der Waals surface area contributed by atoms with Crippen LogP contribution in [0.25, 0.3) is 22.2 Å². The van der Waals surface area contributed by atoms with E-state index in [-0.39, 0.29) is 24.0 Å². The number of rotatable bonds is 5. The number of amides is 1. The standard InChI is InChI=1S/C24H24N4O4/c1-13(2)20-17-9-5-8-16(17)19-21-22(32-23(19)27-20)24(30)28(12-25-21)11-18(29)26-14-6-4-7-15(10-14)31-3/h4,6-7,10,12-13H,5,8-9,11H2,1-3H3,(H,26,29). The Morgan fingerprint density at radius 1 is 1.28 bits per heavy atom. The minimum atomic E-state index is -0.397. The van der Waals surface area contributed by atoms with Gasteiger partial charge in [-0.3, -0.25) is 14.2 Å². The van der Waals surface area contributed by atoms with Gasteiger partial charge < -0.3 is 14.5 Å². The number of benzene rings is 1. The van der Waals surface area contributed by atoms with E-state index in [1.807, 2.05) is 0 Å². The van der Waals surface area contributed by atoms with Gasteiger partial charge in [0, 0.05) is 11.8 Å². The number of pyridine rings is 1. The van der Waals surface area contributed by atoms with Crippen LogP contribution in [0.15, 0.2) is 39.8 Å². The maximum Gasteiger partial charge on any atom is 0.297 e. The fourth-order valence-electron chi connectivity index (χ4n) is 4.47. The first-order valence-corrected chi connectivity index (χ1v) is 10.7. The van der Waals surface area contributed by atoms with E-state index in [4.69, 9.17) is 14.1 Å². The van der Waals surface area contributed by atoms with Gasteiger partial charge in [0.2, 0.25) is 17.2 Å². The SMILES string of the molecule is COc1cccc(NC(=O)Cn2cnc3c(oc4nc(C(C)C)c5c(c43)CCC5)c2=O)c1. The number of hydrogen-bond acceptors (Lipinski definition) is 6. The fraction of sp³-hybridized carbons (Fsp3) is 0.333. The molecule has 0 unspecified atom stereocenters. The first-order chi connectivity index (χ1) is 15.5. The Balaban J connectivity index is 1.52. The highest BCUT2D eigenvalue weighted by molar-refractivity contribution is 6.03. The molecule has 5 rings (SSSR count). The Morgan fingerprint density at radius 2 is 2.09 bits per heavy atom. The van der Waals surface area contributed by atoms with Gasteiger partial charge in [-0.25, -0.2) is 9.97 Å². The predicted molar refractivity (Wildman–Crippen MR) is 121 cm³/mol. The Morgan fingerprint density at radius 3 is 2.88 bits per heavy atom. The molecule has 0 saturated heterocycles. The van der Waals surface area contributed by atoms with Crippen LogP contribution >= 0.6 is 0 Å². The van der Waals surface area contributed by atoms with Crippen molar-refractivity contribution < 1.29 is 13.9 Å². The molecule has 164 valence electrons. The molecule has 1 aromatic carbocycles. The number of carbonyl (C=O) groups is 1. The Labute approximate surface area is 184 Å². The Hall–Kier alpha value is -3.68. The second-order valence-electron chi connectivity index (χ2n) is 8.38. The van der Waals surface area contributed by atoms with E-state index in [0.717, 1.165) is 30.3 Å². The van der Waals surface area contributed by atoms with Gasteiger partial charge in [0.15, 0.2) is 0 Å². The summed E-state index contributed by atoms with van der Waals surface area (Å²) in [5.74, 6) is 0.550. The zero-order valence-electron chi connectivity index (χ0n) is 18.3. The number of aryl methyl sites for hydroxylation is 1. The molecule has 3 heterocycles. The molecule has 8 heteroatoms. The molecule has 0 radical (unpaired) electrons. The van der Waals surface area contributed by atoms with Crippen LogP contribution in [0.1, 0.15) is 43.0 Å². The molecule has 32 heavy (non-hydrogen) atoms. The molecule has 0 saturated carbocycles. The first kappa shape index (κ1) is 20.2. The number of carbonyl (C=O) groups excluding carboxylic acids is 1. The number of ether oxygens (including phenoxy) is 1. The molecule has 0 atom stereocenters. The van der Waals surface area contributed by atoms with Crippen molar-refractivity contribution in [1.82, 2.24) is 14.5 Å². The maximum absolute atomic E-state index is 13.1. The summed E-state index contributed by atoms with van der Waals surface area (Å²) < 4.78 is 12.3. The number of nitrogens with zero attached hydrogens (tertiary/aromatic N) is 3. The molecule has 1 N–H and O–H groups in total. The van der Waals surface area contributed by atoms with Crippen LogP contribution in [-0.2, 0) is 24.2 Å². The third-order valence-electron chi connectivity index (χ3n) is 5.91. The normalized spacial score (nSPS) is 13.1. The second-order valence-corrected chi connectivity index (χ2v) is 8.38. The minimum absolute atomic E-state index is 0.138. The molecule has 0 bridgehead atoms. The quantitative estimate of drug-likeness (QED) is 0.515. The van der Waals surface area contributed by atoms with Gasteiger partial charge in [-0.2, -0.15) is 0 Å². The van der Waals surface area contributed by atoms with Crippen molar-refractivity contribution in [2.75, 3.05) is 12.4 Å². The number of aromatic nitrogens is 3. The van der Waals surface area contributed by atoms with E-state index in [2.05, 4.69) is 24.1 Å². The molecule has 1 aliphatic carbocycles. The summed E-state index contributed by atoms with van der Waals surface area (Å²) in [6.45, 7) is 4.04. The van der Waals surface area contributed by atoms with Crippen molar-refractivity contribution in [3.8, 4) is 5.75 Å². The molecular weight excluding hydrogens is 408 g/mol. The number of nitrogens with one attached hydrogen (secondary N) is 1. The zero-order chi connectivity index (χ0) is 22.4. The monoisotopic (exact) mass is 432 g/mol. The number of hydrogen-bond donors (Lipinski definition) is 1. The molecule has 0 aliphatic heterocycles. The van der Waals surface area contributed by atoms with Crippen LogP contribution in [0, 0.1) is 0 Å². The highest BCUT2D eigenvalue weighted by Gasteiger charge is 2.26. The van der Waals surface area contributed by atoms with Crippen LogP contribution in [0.2, 0.25) is 0 Å². The highest BCUT2D eigenvalue weighted by Crippen LogP contribution is 2.37. The zero-order valence-corrected chi connectivity index (χ0v) is 18.3. The summed E-state index contributed by atoms with van der Waals surface area (Å²) in [7, 11) is 1.56. The van der Waals surface area contributed by atoms with Crippen molar-refractivity contribution in [2.45, 2.75) is 45.6 Å². The fourth-order valence-corrected chi connectivity index (χ4v) is 4.47. The van der Waals surface area contributed by atoms with Crippen molar-refractivity contribution in [2.24, 2.45) is 0 Å². The van der Waals surface area contributed by atoms with Gasteiger partial charge >= 0.3 is 0 Å². The lowest BCUT2D eigenvalue weighted by Gasteiger charge is -2.11. The van der Waals surface area contributed by atoms with Gasteiger partial charge in [0.05, 0.1) is 24.5 Å². The molecule has 3 aromatic heterocycles. The average Bonchev–Trinajstić information content (AvgIpc) is 3.39. The second kappa shape index (κ2) is 7.78. The summed E-state index contributed by atoms with van der Waals surface area (Å²) >= 11 is 0. The number of fused-ring (bicyclic) bond motifs is 5. The van der Waals surface area contributed by atoms with Crippen LogP contribution in [0.3, 0.4) is 0 Å².